The Morgan fingerprint density at radius 2 is 1.95 bits per heavy atom. The highest BCUT2D eigenvalue weighted by Gasteiger charge is 2.23. The van der Waals surface area contributed by atoms with Gasteiger partial charge in [0.1, 0.15) is 5.69 Å². The van der Waals surface area contributed by atoms with Gasteiger partial charge in [0.15, 0.2) is 6.61 Å². The van der Waals surface area contributed by atoms with Gasteiger partial charge in [0, 0.05) is 19.2 Å². The molecule has 118 valence electrons. The molecule has 0 spiro atoms. The molecule has 2 rings (SSSR count). The second kappa shape index (κ2) is 6.88. The zero-order valence-corrected chi connectivity index (χ0v) is 12.0. The monoisotopic (exact) mass is 307 g/mol. The van der Waals surface area contributed by atoms with Crippen molar-refractivity contribution in [2.24, 2.45) is 5.73 Å². The summed E-state index contributed by atoms with van der Waals surface area (Å²) in [6, 6.07) is 4.18. The van der Waals surface area contributed by atoms with Gasteiger partial charge in [-0.05, 0) is 31.4 Å². The summed E-state index contributed by atoms with van der Waals surface area (Å²) < 4.78 is 4.66. The topological polar surface area (TPSA) is 116 Å². The summed E-state index contributed by atoms with van der Waals surface area (Å²) in [5.74, 6) is -1.60. The number of nitrogens with two attached hydrogens (primary N) is 1. The highest BCUT2D eigenvalue weighted by molar-refractivity contribution is 5.92. The first kappa shape index (κ1) is 15.7. The van der Waals surface area contributed by atoms with Crippen molar-refractivity contribution in [2.75, 3.05) is 24.6 Å². The lowest BCUT2D eigenvalue weighted by molar-refractivity contribution is -0.384. The fourth-order valence-electron chi connectivity index (χ4n) is 2.42. The van der Waals surface area contributed by atoms with Crippen LogP contribution >= 0.6 is 0 Å². The number of ether oxygens (including phenoxy) is 1. The average molecular weight is 307 g/mol. The summed E-state index contributed by atoms with van der Waals surface area (Å²) in [6.07, 6.45) is 3.08. The van der Waals surface area contributed by atoms with Crippen molar-refractivity contribution in [3.8, 4) is 0 Å². The van der Waals surface area contributed by atoms with Crippen molar-refractivity contribution in [2.45, 2.75) is 19.3 Å². The van der Waals surface area contributed by atoms with Crippen LogP contribution < -0.4 is 10.6 Å². The summed E-state index contributed by atoms with van der Waals surface area (Å²) >= 11 is 0. The van der Waals surface area contributed by atoms with Crippen molar-refractivity contribution in [3.05, 3.63) is 33.9 Å². The SMILES string of the molecule is NC(=O)COC(=O)c1ccc(N2CCCCC2)c([N+](=O)[O-])c1. The molecule has 1 aliphatic heterocycles. The maximum Gasteiger partial charge on any atom is 0.338 e. The van der Waals surface area contributed by atoms with Crippen molar-refractivity contribution in [3.63, 3.8) is 0 Å². The quantitative estimate of drug-likeness (QED) is 0.497. The predicted octanol–water partition coefficient (Wildman–Crippen LogP) is 1.23. The summed E-state index contributed by atoms with van der Waals surface area (Å²) in [5.41, 5.74) is 5.26. The first-order valence-electron chi connectivity index (χ1n) is 6.98. The number of benzene rings is 1. The number of nitro groups is 1. The van der Waals surface area contributed by atoms with Gasteiger partial charge in [-0.1, -0.05) is 0 Å². The number of amides is 1. The summed E-state index contributed by atoms with van der Waals surface area (Å²) in [6.45, 7) is 0.957. The average Bonchev–Trinajstić information content (AvgIpc) is 2.52. The van der Waals surface area contributed by atoms with E-state index >= 15 is 0 Å². The van der Waals surface area contributed by atoms with Gasteiger partial charge in [-0.25, -0.2) is 4.79 Å². The maximum atomic E-state index is 11.7. The number of rotatable bonds is 5. The number of nitro benzene ring substituents is 1. The van der Waals surface area contributed by atoms with Crippen LogP contribution in [-0.4, -0.2) is 36.5 Å². The standard InChI is InChI=1S/C14H17N3O5/c15-13(18)9-22-14(19)10-4-5-11(12(8-10)17(20)21)16-6-2-1-3-7-16/h4-5,8H,1-3,6-7,9H2,(H2,15,18). The van der Waals surface area contributed by atoms with Crippen LogP contribution in [0.3, 0.4) is 0 Å². The molecule has 0 atom stereocenters. The van der Waals surface area contributed by atoms with Crippen LogP contribution in [0.1, 0.15) is 29.6 Å². The van der Waals surface area contributed by atoms with Gasteiger partial charge < -0.3 is 15.4 Å². The number of esters is 1. The third-order valence-corrected chi connectivity index (χ3v) is 3.45. The van der Waals surface area contributed by atoms with Crippen LogP contribution in [0.4, 0.5) is 11.4 Å². The van der Waals surface area contributed by atoms with E-state index in [1.54, 1.807) is 6.07 Å². The number of nitrogens with zero attached hydrogens (tertiary/aromatic N) is 2. The van der Waals surface area contributed by atoms with Crippen molar-refractivity contribution >= 4 is 23.3 Å². The van der Waals surface area contributed by atoms with E-state index in [1.165, 1.54) is 12.1 Å². The minimum Gasteiger partial charge on any atom is -0.452 e. The molecular weight excluding hydrogens is 290 g/mol. The summed E-state index contributed by atoms with van der Waals surface area (Å²) in [7, 11) is 0. The molecule has 1 fully saturated rings. The van der Waals surface area contributed by atoms with Gasteiger partial charge in [0.25, 0.3) is 11.6 Å². The molecular formula is C14H17N3O5. The molecule has 1 heterocycles. The molecule has 0 radical (unpaired) electrons. The van der Waals surface area contributed by atoms with Crippen LogP contribution in [0, 0.1) is 10.1 Å². The molecule has 0 unspecified atom stereocenters. The first-order valence-corrected chi connectivity index (χ1v) is 6.98. The Labute approximate surface area is 127 Å². The second-order valence-electron chi connectivity index (χ2n) is 5.05. The van der Waals surface area contributed by atoms with Gasteiger partial charge in [-0.2, -0.15) is 0 Å². The Balaban J connectivity index is 2.24. The smallest absolute Gasteiger partial charge is 0.338 e. The van der Waals surface area contributed by atoms with Crippen LogP contribution in [0.2, 0.25) is 0 Å². The highest BCUT2D eigenvalue weighted by atomic mass is 16.6. The van der Waals surface area contributed by atoms with Gasteiger partial charge in [-0.15, -0.1) is 0 Å². The number of primary amides is 1. The molecule has 0 saturated carbocycles. The molecule has 1 aliphatic rings. The largest absolute Gasteiger partial charge is 0.452 e. The van der Waals surface area contributed by atoms with Crippen LogP contribution in [-0.2, 0) is 9.53 Å². The Morgan fingerprint density at radius 3 is 2.55 bits per heavy atom. The maximum absolute atomic E-state index is 11.7. The number of carbonyl (C=O) groups excluding carboxylic acids is 2. The molecule has 1 amide bonds. The minimum atomic E-state index is -0.813. The molecule has 0 aromatic heterocycles. The molecule has 1 aromatic rings. The second-order valence-corrected chi connectivity index (χ2v) is 5.05. The van der Waals surface area contributed by atoms with E-state index < -0.39 is 23.4 Å². The summed E-state index contributed by atoms with van der Waals surface area (Å²) in [5, 5.41) is 11.3. The van der Waals surface area contributed by atoms with Gasteiger partial charge in [0.05, 0.1) is 10.5 Å². The fourth-order valence-corrected chi connectivity index (χ4v) is 2.42. The molecule has 1 saturated heterocycles. The predicted molar refractivity (Wildman–Crippen MR) is 78.6 cm³/mol. The molecule has 2 N–H and O–H groups in total. The number of hydrogen-bond donors (Lipinski definition) is 1. The summed E-state index contributed by atoms with van der Waals surface area (Å²) in [4.78, 5) is 35.0. The first-order chi connectivity index (χ1) is 10.5. The molecule has 8 nitrogen and oxygen atoms in total. The van der Waals surface area contributed by atoms with Crippen LogP contribution in [0.15, 0.2) is 18.2 Å². The Hall–Kier alpha value is -2.64. The highest BCUT2D eigenvalue weighted by Crippen LogP contribution is 2.31. The lowest BCUT2D eigenvalue weighted by atomic mass is 10.1. The number of carbonyl (C=O) groups is 2. The lowest BCUT2D eigenvalue weighted by Crippen LogP contribution is -2.30. The normalized spacial score (nSPS) is 14.5. The van der Waals surface area contributed by atoms with Gasteiger partial charge in [-0.3, -0.25) is 14.9 Å². The molecule has 8 heteroatoms. The van der Waals surface area contributed by atoms with E-state index in [1.807, 2.05) is 4.90 Å². The number of hydrogen-bond acceptors (Lipinski definition) is 6. The molecule has 1 aromatic carbocycles. The lowest BCUT2D eigenvalue weighted by Gasteiger charge is -2.28. The molecule has 0 bridgehead atoms. The van der Waals surface area contributed by atoms with E-state index in [2.05, 4.69) is 4.74 Å². The Bertz CT molecular complexity index is 596. The van der Waals surface area contributed by atoms with E-state index in [0.29, 0.717) is 5.69 Å². The van der Waals surface area contributed by atoms with Crippen molar-refractivity contribution in [1.29, 1.82) is 0 Å². The van der Waals surface area contributed by atoms with Crippen molar-refractivity contribution in [1.82, 2.24) is 0 Å². The fraction of sp³-hybridized carbons (Fsp3) is 0.429. The van der Waals surface area contributed by atoms with E-state index in [4.69, 9.17) is 5.73 Å². The Kier molecular flexibility index (Phi) is 4.92. The molecule has 22 heavy (non-hydrogen) atoms. The van der Waals surface area contributed by atoms with E-state index in [-0.39, 0.29) is 11.3 Å². The third-order valence-electron chi connectivity index (χ3n) is 3.45. The number of piperidine rings is 1. The van der Waals surface area contributed by atoms with Crippen molar-refractivity contribution < 1.29 is 19.2 Å². The van der Waals surface area contributed by atoms with Crippen LogP contribution in [0.5, 0.6) is 0 Å². The minimum absolute atomic E-state index is 0.0220. The Morgan fingerprint density at radius 1 is 1.27 bits per heavy atom. The zero-order valence-electron chi connectivity index (χ0n) is 12.0. The van der Waals surface area contributed by atoms with Gasteiger partial charge in [0.2, 0.25) is 0 Å². The molecule has 0 aliphatic carbocycles. The van der Waals surface area contributed by atoms with Crippen LogP contribution in [0.25, 0.3) is 0 Å². The van der Waals surface area contributed by atoms with E-state index in [0.717, 1.165) is 32.4 Å². The third kappa shape index (κ3) is 3.72. The van der Waals surface area contributed by atoms with Gasteiger partial charge >= 0.3 is 5.97 Å². The number of anilines is 1. The van der Waals surface area contributed by atoms with E-state index in [9.17, 15) is 19.7 Å². The zero-order chi connectivity index (χ0) is 16.1.